The number of anilines is 1. The van der Waals surface area contributed by atoms with Crippen LogP contribution in [-0.4, -0.2) is 13.6 Å². The normalized spacial score (nSPS) is 11.6. The second-order valence-electron chi connectivity index (χ2n) is 4.98. The number of aryl methyl sites for hydroxylation is 2. The fourth-order valence-corrected chi connectivity index (χ4v) is 4.96. The van der Waals surface area contributed by atoms with Gasteiger partial charge in [0.15, 0.2) is 5.76 Å². The summed E-state index contributed by atoms with van der Waals surface area (Å²) in [6, 6.07) is 8.61. The maximum atomic E-state index is 12.6. The molecule has 0 saturated heterocycles. The fourth-order valence-electron chi connectivity index (χ4n) is 2.11. The van der Waals surface area contributed by atoms with Crippen LogP contribution in [0.5, 0.6) is 0 Å². The van der Waals surface area contributed by atoms with Gasteiger partial charge in [0.2, 0.25) is 0 Å². The van der Waals surface area contributed by atoms with E-state index in [0.29, 0.717) is 16.3 Å². The summed E-state index contributed by atoms with van der Waals surface area (Å²) < 4.78 is 33.9. The molecule has 0 bridgehead atoms. The Bertz CT molecular complexity index is 947. The number of benzene rings is 1. The SMILES string of the molecule is Cc1cc(NS(=O)(=O)c2cc(-c3ccno3)sc2C)ccc1Br. The maximum absolute atomic E-state index is 12.6. The monoisotopic (exact) mass is 412 g/mol. The first-order valence-electron chi connectivity index (χ1n) is 6.67. The van der Waals surface area contributed by atoms with Crippen LogP contribution in [-0.2, 0) is 10.0 Å². The summed E-state index contributed by atoms with van der Waals surface area (Å²) in [4.78, 5) is 1.67. The number of aromatic nitrogens is 1. The van der Waals surface area contributed by atoms with Crippen molar-refractivity contribution in [1.29, 1.82) is 0 Å². The fraction of sp³-hybridized carbons (Fsp3) is 0.133. The number of thiophene rings is 1. The molecule has 0 spiro atoms. The lowest BCUT2D eigenvalue weighted by Crippen LogP contribution is -2.13. The summed E-state index contributed by atoms with van der Waals surface area (Å²) in [5, 5.41) is 3.65. The van der Waals surface area contributed by atoms with Crippen molar-refractivity contribution in [3.05, 3.63) is 51.4 Å². The number of hydrogen-bond acceptors (Lipinski definition) is 5. The Kier molecular flexibility index (Phi) is 4.31. The molecule has 0 aliphatic heterocycles. The molecule has 3 aromatic rings. The van der Waals surface area contributed by atoms with Crippen molar-refractivity contribution in [2.75, 3.05) is 4.72 Å². The van der Waals surface area contributed by atoms with E-state index < -0.39 is 10.0 Å². The van der Waals surface area contributed by atoms with Crippen molar-refractivity contribution in [2.45, 2.75) is 18.7 Å². The van der Waals surface area contributed by atoms with Gasteiger partial charge in [0, 0.05) is 21.1 Å². The molecular weight excluding hydrogens is 400 g/mol. The van der Waals surface area contributed by atoms with Crippen LogP contribution in [0.3, 0.4) is 0 Å². The first-order chi connectivity index (χ1) is 10.9. The van der Waals surface area contributed by atoms with Crippen LogP contribution >= 0.6 is 27.3 Å². The van der Waals surface area contributed by atoms with E-state index in [-0.39, 0.29) is 4.90 Å². The second kappa shape index (κ2) is 6.10. The molecular formula is C15H13BrN2O3S2. The number of hydrogen-bond donors (Lipinski definition) is 1. The molecule has 23 heavy (non-hydrogen) atoms. The molecule has 5 nitrogen and oxygen atoms in total. The first-order valence-corrected chi connectivity index (χ1v) is 9.76. The van der Waals surface area contributed by atoms with Gasteiger partial charge in [-0.15, -0.1) is 11.3 Å². The molecule has 8 heteroatoms. The Morgan fingerprint density at radius 2 is 2.00 bits per heavy atom. The number of rotatable bonds is 4. The van der Waals surface area contributed by atoms with Crippen molar-refractivity contribution in [3.63, 3.8) is 0 Å². The van der Waals surface area contributed by atoms with Crippen LogP contribution in [0, 0.1) is 13.8 Å². The van der Waals surface area contributed by atoms with E-state index in [1.807, 2.05) is 13.0 Å². The van der Waals surface area contributed by atoms with E-state index in [9.17, 15) is 8.42 Å². The van der Waals surface area contributed by atoms with Crippen LogP contribution in [0.15, 0.2) is 50.4 Å². The van der Waals surface area contributed by atoms with Crippen LogP contribution in [0.25, 0.3) is 10.6 Å². The number of nitrogens with one attached hydrogen (secondary N) is 1. The highest BCUT2D eigenvalue weighted by molar-refractivity contribution is 9.10. The highest BCUT2D eigenvalue weighted by atomic mass is 79.9. The Hall–Kier alpha value is -1.64. The van der Waals surface area contributed by atoms with Crippen molar-refractivity contribution in [1.82, 2.24) is 5.16 Å². The Morgan fingerprint density at radius 1 is 1.22 bits per heavy atom. The molecule has 3 rings (SSSR count). The summed E-state index contributed by atoms with van der Waals surface area (Å²) >= 11 is 4.75. The van der Waals surface area contributed by atoms with Crippen LogP contribution in [0.2, 0.25) is 0 Å². The molecule has 2 aromatic heterocycles. The van der Waals surface area contributed by atoms with E-state index in [2.05, 4.69) is 25.8 Å². The lowest BCUT2D eigenvalue weighted by Gasteiger charge is -2.09. The van der Waals surface area contributed by atoms with Crippen molar-refractivity contribution >= 4 is 43.0 Å². The zero-order valence-electron chi connectivity index (χ0n) is 12.3. The van der Waals surface area contributed by atoms with Crippen molar-refractivity contribution in [2.24, 2.45) is 0 Å². The van der Waals surface area contributed by atoms with Gasteiger partial charge in [0.05, 0.1) is 11.1 Å². The lowest BCUT2D eigenvalue weighted by molar-refractivity contribution is 0.433. The van der Waals surface area contributed by atoms with Crippen LogP contribution in [0.1, 0.15) is 10.4 Å². The second-order valence-corrected chi connectivity index (χ2v) is 8.74. The molecule has 0 fully saturated rings. The quantitative estimate of drug-likeness (QED) is 0.680. The maximum Gasteiger partial charge on any atom is 0.263 e. The zero-order chi connectivity index (χ0) is 16.6. The highest BCUT2D eigenvalue weighted by Crippen LogP contribution is 2.34. The summed E-state index contributed by atoms with van der Waals surface area (Å²) in [6.45, 7) is 3.67. The minimum Gasteiger partial charge on any atom is -0.355 e. The molecule has 0 radical (unpaired) electrons. The van der Waals surface area contributed by atoms with Gasteiger partial charge in [0.1, 0.15) is 4.90 Å². The van der Waals surface area contributed by atoms with E-state index >= 15 is 0 Å². The summed E-state index contributed by atoms with van der Waals surface area (Å²) in [5.74, 6) is 0.555. The first kappa shape index (κ1) is 16.2. The van der Waals surface area contributed by atoms with Gasteiger partial charge in [0.25, 0.3) is 10.0 Å². The minimum atomic E-state index is -3.66. The van der Waals surface area contributed by atoms with Gasteiger partial charge < -0.3 is 4.52 Å². The number of sulfonamides is 1. The van der Waals surface area contributed by atoms with E-state index in [1.54, 1.807) is 31.2 Å². The van der Waals surface area contributed by atoms with Crippen LogP contribution < -0.4 is 4.72 Å². The largest absolute Gasteiger partial charge is 0.355 e. The van der Waals surface area contributed by atoms with Gasteiger partial charge in [-0.2, -0.15) is 0 Å². The topological polar surface area (TPSA) is 72.2 Å². The third-order valence-corrected chi connectivity index (χ3v) is 6.84. The minimum absolute atomic E-state index is 0.245. The zero-order valence-corrected chi connectivity index (χ0v) is 15.5. The third-order valence-electron chi connectivity index (χ3n) is 3.25. The Labute approximate surface area is 146 Å². The number of nitrogens with zero attached hydrogens (tertiary/aromatic N) is 1. The molecule has 0 unspecified atom stereocenters. The summed E-state index contributed by atoms with van der Waals surface area (Å²) in [6.07, 6.45) is 1.53. The van der Waals surface area contributed by atoms with E-state index in [0.717, 1.165) is 14.9 Å². The number of halogens is 1. The lowest BCUT2D eigenvalue weighted by atomic mass is 10.2. The third kappa shape index (κ3) is 3.34. The molecule has 0 amide bonds. The smallest absolute Gasteiger partial charge is 0.263 e. The van der Waals surface area contributed by atoms with Crippen LogP contribution in [0.4, 0.5) is 5.69 Å². The van der Waals surface area contributed by atoms with E-state index in [1.165, 1.54) is 17.5 Å². The van der Waals surface area contributed by atoms with Crippen molar-refractivity contribution < 1.29 is 12.9 Å². The molecule has 2 heterocycles. The molecule has 0 saturated carbocycles. The summed E-state index contributed by atoms with van der Waals surface area (Å²) in [7, 11) is -3.66. The van der Waals surface area contributed by atoms with Gasteiger partial charge in [-0.1, -0.05) is 21.1 Å². The predicted octanol–water partition coefficient (Wildman–Crippen LogP) is 4.58. The molecule has 1 N–H and O–H groups in total. The Balaban J connectivity index is 1.95. The average molecular weight is 413 g/mol. The Morgan fingerprint density at radius 3 is 2.65 bits per heavy atom. The van der Waals surface area contributed by atoms with Gasteiger partial charge in [-0.3, -0.25) is 4.72 Å². The molecule has 0 atom stereocenters. The molecule has 0 aliphatic rings. The van der Waals surface area contributed by atoms with Gasteiger partial charge in [-0.25, -0.2) is 8.42 Å². The van der Waals surface area contributed by atoms with E-state index in [4.69, 9.17) is 4.52 Å². The molecule has 1 aromatic carbocycles. The average Bonchev–Trinajstić information content (AvgIpc) is 3.11. The summed E-state index contributed by atoms with van der Waals surface area (Å²) in [5.41, 5.74) is 1.48. The van der Waals surface area contributed by atoms with Gasteiger partial charge >= 0.3 is 0 Å². The molecule has 0 aliphatic carbocycles. The standard InChI is InChI=1S/C15H13BrN2O3S2/c1-9-7-11(3-4-12(9)16)18-23(19,20)15-8-14(22-10(15)2)13-5-6-17-21-13/h3-8,18H,1-2H3. The van der Waals surface area contributed by atoms with Crippen molar-refractivity contribution in [3.8, 4) is 10.6 Å². The van der Waals surface area contributed by atoms with Gasteiger partial charge in [-0.05, 0) is 43.7 Å². The highest BCUT2D eigenvalue weighted by Gasteiger charge is 2.21. The predicted molar refractivity (Wildman–Crippen MR) is 94.2 cm³/mol. The molecule has 120 valence electrons.